The summed E-state index contributed by atoms with van der Waals surface area (Å²) in [5.74, 6) is 9.62. The Morgan fingerprint density at radius 2 is 1.06 bits per heavy atom. The topological polar surface area (TPSA) is 111 Å². The van der Waals surface area contributed by atoms with Crippen molar-refractivity contribution in [2.45, 2.75) is 6.42 Å². The van der Waals surface area contributed by atoms with E-state index in [1.807, 2.05) is 0 Å². The highest BCUT2D eigenvalue weighted by atomic mass is 16.6. The predicted molar refractivity (Wildman–Crippen MR) is 114 cm³/mol. The van der Waals surface area contributed by atoms with E-state index in [0.717, 1.165) is 0 Å². The Bertz CT molecular complexity index is 465. The van der Waals surface area contributed by atoms with E-state index in [1.165, 1.54) is 0 Å². The van der Waals surface area contributed by atoms with Crippen molar-refractivity contribution in [3.05, 3.63) is 0 Å². The van der Waals surface area contributed by atoms with E-state index in [9.17, 15) is 4.79 Å². The molecule has 0 aliphatic heterocycles. The minimum absolute atomic E-state index is 0.0446. The second-order valence-electron chi connectivity index (χ2n) is 5.96. The summed E-state index contributed by atoms with van der Waals surface area (Å²) in [6.45, 7) is 5.60. The lowest BCUT2D eigenvalue weighted by Crippen LogP contribution is -2.37. The van der Waals surface area contributed by atoms with Gasteiger partial charge in [-0.15, -0.1) is 12.8 Å². The van der Waals surface area contributed by atoms with Crippen molar-refractivity contribution in [1.29, 1.82) is 0 Å². The van der Waals surface area contributed by atoms with Gasteiger partial charge in [0.15, 0.2) is 0 Å². The molecular weight excluding hydrogens is 408 g/mol. The van der Waals surface area contributed by atoms with Crippen LogP contribution in [0.4, 0.5) is 0 Å². The monoisotopic (exact) mass is 444 g/mol. The highest BCUT2D eigenvalue weighted by molar-refractivity contribution is 5.76. The number of rotatable bonds is 23. The molecule has 31 heavy (non-hydrogen) atoms. The highest BCUT2D eigenvalue weighted by Crippen LogP contribution is 1.97. The van der Waals surface area contributed by atoms with Crippen molar-refractivity contribution in [3.63, 3.8) is 0 Å². The summed E-state index contributed by atoms with van der Waals surface area (Å²) in [6, 6.07) is 0. The number of amides is 1. The third kappa shape index (κ3) is 21.3. The van der Waals surface area contributed by atoms with Crippen LogP contribution in [-0.4, -0.2) is 110 Å². The van der Waals surface area contributed by atoms with Crippen LogP contribution in [0.2, 0.25) is 0 Å². The summed E-state index contributed by atoms with van der Waals surface area (Å²) in [6.07, 6.45) is 10.5. The molecule has 0 bridgehead atoms. The fourth-order valence-electron chi connectivity index (χ4n) is 2.16. The van der Waals surface area contributed by atoms with Gasteiger partial charge >= 0.3 is 0 Å². The lowest BCUT2D eigenvalue weighted by molar-refractivity contribution is -0.134. The molecule has 0 spiro atoms. The summed E-state index contributed by atoms with van der Waals surface area (Å²) in [5, 5.41) is 0. The van der Waals surface area contributed by atoms with Crippen LogP contribution in [0.3, 0.4) is 0 Å². The summed E-state index contributed by atoms with van der Waals surface area (Å²) in [4.78, 5) is 18.6. The van der Waals surface area contributed by atoms with E-state index in [0.29, 0.717) is 85.8 Å². The van der Waals surface area contributed by atoms with Crippen LogP contribution in [0.5, 0.6) is 0 Å². The first kappa shape index (κ1) is 29.3. The van der Waals surface area contributed by atoms with Crippen molar-refractivity contribution in [2.24, 2.45) is 5.90 Å². The van der Waals surface area contributed by atoms with Gasteiger partial charge in [-0.05, 0) is 0 Å². The molecular formula is C21H36N2O8. The molecule has 10 heteroatoms. The molecule has 10 nitrogen and oxygen atoms in total. The molecule has 0 aromatic rings. The van der Waals surface area contributed by atoms with E-state index in [4.69, 9.17) is 47.2 Å². The van der Waals surface area contributed by atoms with Gasteiger partial charge in [0.05, 0.1) is 79.1 Å². The zero-order valence-corrected chi connectivity index (χ0v) is 18.3. The molecule has 0 heterocycles. The normalized spacial score (nSPS) is 10.5. The van der Waals surface area contributed by atoms with Crippen LogP contribution >= 0.6 is 0 Å². The van der Waals surface area contributed by atoms with Gasteiger partial charge in [-0.3, -0.25) is 4.79 Å². The fourth-order valence-corrected chi connectivity index (χ4v) is 2.16. The standard InChI is InChI=1S/C21H36N2O8/c1-3-8-25-13-16-28-11-6-23(7-12-29-17-14-26-9-4-2)21(24)5-10-27-15-18-30-19-20-31-22/h1-2H,5-20,22H2. The van der Waals surface area contributed by atoms with Gasteiger partial charge < -0.3 is 38.2 Å². The number of nitrogens with zero attached hydrogens (tertiary/aromatic N) is 1. The van der Waals surface area contributed by atoms with E-state index in [2.05, 4.69) is 16.7 Å². The Morgan fingerprint density at radius 1 is 0.645 bits per heavy atom. The molecule has 0 radical (unpaired) electrons. The van der Waals surface area contributed by atoms with Gasteiger partial charge in [-0.25, -0.2) is 5.90 Å². The van der Waals surface area contributed by atoms with Crippen molar-refractivity contribution >= 4 is 5.91 Å². The molecule has 178 valence electrons. The van der Waals surface area contributed by atoms with Gasteiger partial charge in [0, 0.05) is 13.1 Å². The third-order valence-corrected chi connectivity index (χ3v) is 3.66. The van der Waals surface area contributed by atoms with Crippen LogP contribution in [0.1, 0.15) is 6.42 Å². The second-order valence-corrected chi connectivity index (χ2v) is 5.96. The van der Waals surface area contributed by atoms with Crippen molar-refractivity contribution < 1.29 is 38.1 Å². The third-order valence-electron chi connectivity index (χ3n) is 3.66. The molecule has 1 amide bonds. The van der Waals surface area contributed by atoms with Crippen LogP contribution in [-0.2, 0) is 38.1 Å². The minimum Gasteiger partial charge on any atom is -0.379 e. The smallest absolute Gasteiger partial charge is 0.225 e. The fraction of sp³-hybridized carbons (Fsp3) is 0.762. The number of ether oxygens (including phenoxy) is 6. The number of terminal acetylenes is 2. The predicted octanol–water partition coefficient (Wildman–Crippen LogP) is -0.539. The average molecular weight is 445 g/mol. The first-order valence-electron chi connectivity index (χ1n) is 10.2. The zero-order chi connectivity index (χ0) is 22.8. The van der Waals surface area contributed by atoms with E-state index in [-0.39, 0.29) is 25.5 Å². The lowest BCUT2D eigenvalue weighted by Gasteiger charge is -2.23. The molecule has 0 unspecified atom stereocenters. The molecule has 0 fully saturated rings. The van der Waals surface area contributed by atoms with Crippen LogP contribution in [0.15, 0.2) is 0 Å². The van der Waals surface area contributed by atoms with E-state index in [1.54, 1.807) is 4.90 Å². The van der Waals surface area contributed by atoms with Gasteiger partial charge in [-0.2, -0.15) is 0 Å². The maximum atomic E-state index is 12.5. The number of hydrogen-bond donors (Lipinski definition) is 1. The van der Waals surface area contributed by atoms with Crippen molar-refractivity contribution in [2.75, 3.05) is 99.0 Å². The number of carbonyl (C=O) groups is 1. The van der Waals surface area contributed by atoms with Gasteiger partial charge in [-0.1, -0.05) is 11.8 Å². The molecule has 0 saturated heterocycles. The van der Waals surface area contributed by atoms with Gasteiger partial charge in [0.25, 0.3) is 0 Å². The minimum atomic E-state index is -0.0446. The molecule has 0 aliphatic carbocycles. The maximum Gasteiger partial charge on any atom is 0.225 e. The Labute approximate surface area is 185 Å². The zero-order valence-electron chi connectivity index (χ0n) is 18.3. The number of hydrogen-bond acceptors (Lipinski definition) is 9. The molecule has 0 aromatic carbocycles. The van der Waals surface area contributed by atoms with Crippen molar-refractivity contribution in [3.8, 4) is 24.7 Å². The largest absolute Gasteiger partial charge is 0.379 e. The maximum absolute atomic E-state index is 12.5. The van der Waals surface area contributed by atoms with Crippen LogP contribution < -0.4 is 5.90 Å². The van der Waals surface area contributed by atoms with Crippen LogP contribution in [0.25, 0.3) is 0 Å². The molecule has 0 aliphatic rings. The quantitative estimate of drug-likeness (QED) is 0.126. The first-order chi connectivity index (χ1) is 15.3. The van der Waals surface area contributed by atoms with Gasteiger partial charge in [0.1, 0.15) is 13.2 Å². The highest BCUT2D eigenvalue weighted by Gasteiger charge is 2.13. The lowest BCUT2D eigenvalue weighted by atomic mass is 10.3. The molecule has 2 N–H and O–H groups in total. The Morgan fingerprint density at radius 3 is 1.55 bits per heavy atom. The Hall–Kier alpha value is -1.73. The molecule has 0 aromatic heterocycles. The number of nitrogens with two attached hydrogens (primary N) is 1. The average Bonchev–Trinajstić information content (AvgIpc) is 2.78. The van der Waals surface area contributed by atoms with E-state index >= 15 is 0 Å². The summed E-state index contributed by atoms with van der Waals surface area (Å²) in [7, 11) is 0. The van der Waals surface area contributed by atoms with Gasteiger partial charge in [0.2, 0.25) is 5.91 Å². The van der Waals surface area contributed by atoms with Crippen LogP contribution in [0, 0.1) is 24.7 Å². The summed E-state index contributed by atoms with van der Waals surface area (Å²) in [5.41, 5.74) is 0. The van der Waals surface area contributed by atoms with E-state index < -0.39 is 0 Å². The second kappa shape index (κ2) is 24.5. The Balaban J connectivity index is 4.06. The molecule has 0 atom stereocenters. The summed E-state index contributed by atoms with van der Waals surface area (Å²) >= 11 is 0. The summed E-state index contributed by atoms with van der Waals surface area (Å²) < 4.78 is 31.9. The SMILES string of the molecule is C#CCOCCOCCN(CCOCCOCC#C)C(=O)CCOCCOCCON. The van der Waals surface area contributed by atoms with Crippen molar-refractivity contribution in [1.82, 2.24) is 4.90 Å². The molecule has 0 rings (SSSR count). The Kier molecular flexibility index (Phi) is 23.2. The molecule has 0 saturated carbocycles. The number of carbonyl (C=O) groups excluding carboxylic acids is 1. The first-order valence-corrected chi connectivity index (χ1v) is 10.2.